The number of amides is 1. The lowest BCUT2D eigenvalue weighted by Crippen LogP contribution is -2.18. The molecule has 0 aliphatic carbocycles. The van der Waals surface area contributed by atoms with Crippen molar-refractivity contribution in [3.05, 3.63) is 70.6 Å². The number of fused-ring (bicyclic) bond motifs is 1. The van der Waals surface area contributed by atoms with E-state index in [0.717, 1.165) is 16.8 Å². The minimum atomic E-state index is -0.368. The summed E-state index contributed by atoms with van der Waals surface area (Å²) in [7, 11) is 1.57. The highest BCUT2D eigenvalue weighted by atomic mass is 35.5. The number of benzene rings is 2. The SMILES string of the molecule is CCc1nn2c(C)c(C(=O)Nc3cccc(OC)c3)nnc2c1-c1cccc(Cl)c1. The molecule has 2 aromatic carbocycles. The van der Waals surface area contributed by atoms with E-state index in [9.17, 15) is 4.79 Å². The van der Waals surface area contributed by atoms with Crippen molar-refractivity contribution in [2.75, 3.05) is 12.4 Å². The van der Waals surface area contributed by atoms with Gasteiger partial charge in [0.15, 0.2) is 11.3 Å². The number of hydrogen-bond donors (Lipinski definition) is 1. The summed E-state index contributed by atoms with van der Waals surface area (Å²) in [6, 6.07) is 14.7. The number of hydrogen-bond acceptors (Lipinski definition) is 5. The summed E-state index contributed by atoms with van der Waals surface area (Å²) in [6.45, 7) is 3.82. The van der Waals surface area contributed by atoms with Gasteiger partial charge in [-0.2, -0.15) is 5.10 Å². The molecule has 0 radical (unpaired) electrons. The molecule has 0 atom stereocenters. The Morgan fingerprint density at radius 3 is 2.70 bits per heavy atom. The van der Waals surface area contributed by atoms with E-state index < -0.39 is 0 Å². The summed E-state index contributed by atoms with van der Waals surface area (Å²) in [5, 5.41) is 16.7. The molecule has 0 saturated heterocycles. The predicted molar refractivity (Wildman–Crippen MR) is 116 cm³/mol. The second kappa shape index (κ2) is 8.12. The first-order valence-electron chi connectivity index (χ1n) is 9.48. The van der Waals surface area contributed by atoms with Gasteiger partial charge in [-0.1, -0.05) is 36.7 Å². The minimum absolute atomic E-state index is 0.202. The Morgan fingerprint density at radius 2 is 1.97 bits per heavy atom. The highest BCUT2D eigenvalue weighted by molar-refractivity contribution is 6.30. The van der Waals surface area contributed by atoms with E-state index >= 15 is 0 Å². The quantitative estimate of drug-likeness (QED) is 0.510. The Labute approximate surface area is 178 Å². The van der Waals surface area contributed by atoms with Crippen LogP contribution in [0.15, 0.2) is 48.5 Å². The number of nitrogens with one attached hydrogen (secondary N) is 1. The van der Waals surface area contributed by atoms with Crippen molar-refractivity contribution in [3.63, 3.8) is 0 Å². The van der Waals surface area contributed by atoms with Crippen LogP contribution < -0.4 is 10.1 Å². The molecule has 0 spiro atoms. The molecule has 4 rings (SSSR count). The molecule has 8 heteroatoms. The third-order valence-corrected chi connectivity index (χ3v) is 5.06. The molecule has 0 aliphatic heterocycles. The topological polar surface area (TPSA) is 81.4 Å². The first kappa shape index (κ1) is 19.8. The first-order valence-corrected chi connectivity index (χ1v) is 9.85. The lowest BCUT2D eigenvalue weighted by molar-refractivity contribution is 0.102. The van der Waals surface area contributed by atoms with Gasteiger partial charge in [-0.15, -0.1) is 10.2 Å². The summed E-state index contributed by atoms with van der Waals surface area (Å²) < 4.78 is 6.87. The fraction of sp³-hybridized carbons (Fsp3) is 0.182. The highest BCUT2D eigenvalue weighted by Crippen LogP contribution is 2.30. The van der Waals surface area contributed by atoms with Crippen LogP contribution in [-0.4, -0.2) is 32.8 Å². The van der Waals surface area contributed by atoms with Crippen molar-refractivity contribution in [2.24, 2.45) is 0 Å². The summed E-state index contributed by atoms with van der Waals surface area (Å²) in [5.41, 5.74) is 4.64. The molecule has 0 bridgehead atoms. The van der Waals surface area contributed by atoms with Gasteiger partial charge in [0, 0.05) is 16.8 Å². The predicted octanol–water partition coefficient (Wildman–Crippen LogP) is 4.58. The number of carbonyl (C=O) groups is 1. The van der Waals surface area contributed by atoms with Gasteiger partial charge in [0.05, 0.1) is 24.1 Å². The molecule has 1 N–H and O–H groups in total. The fourth-order valence-corrected chi connectivity index (χ4v) is 3.53. The van der Waals surface area contributed by atoms with Gasteiger partial charge in [0.1, 0.15) is 5.75 Å². The van der Waals surface area contributed by atoms with E-state index in [0.29, 0.717) is 34.2 Å². The number of halogens is 1. The van der Waals surface area contributed by atoms with Crippen LogP contribution in [0.25, 0.3) is 16.8 Å². The molecule has 0 saturated carbocycles. The Bertz CT molecular complexity index is 1250. The van der Waals surface area contributed by atoms with E-state index in [1.165, 1.54) is 0 Å². The van der Waals surface area contributed by atoms with Gasteiger partial charge in [0.25, 0.3) is 5.91 Å². The first-order chi connectivity index (χ1) is 14.5. The van der Waals surface area contributed by atoms with E-state index in [1.54, 1.807) is 42.8 Å². The van der Waals surface area contributed by atoms with Crippen molar-refractivity contribution >= 4 is 28.8 Å². The normalized spacial score (nSPS) is 10.9. The number of ether oxygens (including phenoxy) is 1. The van der Waals surface area contributed by atoms with Crippen molar-refractivity contribution in [2.45, 2.75) is 20.3 Å². The van der Waals surface area contributed by atoms with Gasteiger partial charge < -0.3 is 10.1 Å². The average Bonchev–Trinajstić information content (AvgIpc) is 3.13. The molecule has 2 heterocycles. The van der Waals surface area contributed by atoms with Crippen LogP contribution in [0.5, 0.6) is 5.75 Å². The average molecular weight is 422 g/mol. The summed E-state index contributed by atoms with van der Waals surface area (Å²) in [6.07, 6.45) is 0.704. The third kappa shape index (κ3) is 3.59. The van der Waals surface area contributed by atoms with Crippen molar-refractivity contribution in [1.29, 1.82) is 0 Å². The van der Waals surface area contributed by atoms with Gasteiger partial charge in [0.2, 0.25) is 0 Å². The lowest BCUT2D eigenvalue weighted by Gasteiger charge is -2.09. The summed E-state index contributed by atoms with van der Waals surface area (Å²) in [4.78, 5) is 12.8. The van der Waals surface area contributed by atoms with Crippen LogP contribution in [0.3, 0.4) is 0 Å². The molecule has 0 aliphatic rings. The second-order valence-corrected chi connectivity index (χ2v) is 7.18. The molecule has 1 amide bonds. The van der Waals surface area contributed by atoms with Crippen LogP contribution >= 0.6 is 11.6 Å². The largest absolute Gasteiger partial charge is 0.497 e. The standard InChI is InChI=1S/C22H20ClN5O2/c1-4-18-19(14-7-5-8-15(23)11-14)21-26-25-20(13(2)28(21)27-18)22(29)24-16-9-6-10-17(12-16)30-3/h5-12H,4H2,1-3H3,(H,24,29). The number of methoxy groups -OCH3 is 1. The fourth-order valence-electron chi connectivity index (χ4n) is 3.34. The molecule has 7 nitrogen and oxygen atoms in total. The Balaban J connectivity index is 1.76. The number of carbonyl (C=O) groups excluding carboxylic acids is 1. The van der Waals surface area contributed by atoms with Crippen molar-refractivity contribution in [3.8, 4) is 16.9 Å². The van der Waals surface area contributed by atoms with E-state index in [-0.39, 0.29) is 11.6 Å². The highest BCUT2D eigenvalue weighted by Gasteiger charge is 2.21. The van der Waals surface area contributed by atoms with Crippen LogP contribution in [0.2, 0.25) is 5.02 Å². The van der Waals surface area contributed by atoms with Crippen LogP contribution in [-0.2, 0) is 6.42 Å². The monoisotopic (exact) mass is 421 g/mol. The number of anilines is 1. The number of nitrogens with zero attached hydrogens (tertiary/aromatic N) is 4. The number of aromatic nitrogens is 4. The second-order valence-electron chi connectivity index (χ2n) is 6.74. The van der Waals surface area contributed by atoms with Crippen LogP contribution in [0.4, 0.5) is 5.69 Å². The minimum Gasteiger partial charge on any atom is -0.497 e. The van der Waals surface area contributed by atoms with Crippen LogP contribution in [0.1, 0.15) is 28.8 Å². The maximum atomic E-state index is 12.8. The number of aryl methyl sites for hydroxylation is 2. The zero-order chi connectivity index (χ0) is 21.3. The third-order valence-electron chi connectivity index (χ3n) is 4.83. The van der Waals surface area contributed by atoms with Gasteiger partial charge in [-0.3, -0.25) is 4.79 Å². The zero-order valence-electron chi connectivity index (χ0n) is 16.8. The summed E-state index contributed by atoms with van der Waals surface area (Å²) >= 11 is 6.18. The molecule has 30 heavy (non-hydrogen) atoms. The molecule has 0 fully saturated rings. The molecular formula is C22H20ClN5O2. The molecular weight excluding hydrogens is 402 g/mol. The van der Waals surface area contributed by atoms with E-state index in [2.05, 4.69) is 20.6 Å². The molecule has 152 valence electrons. The Kier molecular flexibility index (Phi) is 5.37. The van der Waals surface area contributed by atoms with Crippen LogP contribution in [0, 0.1) is 6.92 Å². The van der Waals surface area contributed by atoms with Gasteiger partial charge in [-0.05, 0) is 43.2 Å². The Hall–Kier alpha value is -3.45. The zero-order valence-corrected chi connectivity index (χ0v) is 17.6. The van der Waals surface area contributed by atoms with E-state index in [4.69, 9.17) is 16.3 Å². The molecule has 0 unspecified atom stereocenters. The summed E-state index contributed by atoms with van der Waals surface area (Å²) in [5.74, 6) is 0.282. The molecule has 2 aromatic heterocycles. The lowest BCUT2D eigenvalue weighted by atomic mass is 10.0. The maximum Gasteiger partial charge on any atom is 0.278 e. The number of rotatable bonds is 5. The molecule has 4 aromatic rings. The smallest absolute Gasteiger partial charge is 0.278 e. The van der Waals surface area contributed by atoms with Crippen molar-refractivity contribution < 1.29 is 9.53 Å². The van der Waals surface area contributed by atoms with Gasteiger partial charge in [-0.25, -0.2) is 4.52 Å². The Morgan fingerprint density at radius 1 is 1.17 bits per heavy atom. The maximum absolute atomic E-state index is 12.8. The van der Waals surface area contributed by atoms with E-state index in [1.807, 2.05) is 31.2 Å². The van der Waals surface area contributed by atoms with Gasteiger partial charge >= 0.3 is 0 Å². The van der Waals surface area contributed by atoms with Crippen molar-refractivity contribution in [1.82, 2.24) is 19.8 Å².